The number of hydrogen-bond acceptors (Lipinski definition) is 6. The van der Waals surface area contributed by atoms with E-state index in [1.165, 1.54) is 25.1 Å². The van der Waals surface area contributed by atoms with Crippen LogP contribution in [0.4, 0.5) is 22.0 Å². The number of anilines is 3. The third kappa shape index (κ3) is 3.82. The monoisotopic (exact) mass is 417 g/mol. The van der Waals surface area contributed by atoms with Crippen molar-refractivity contribution in [1.82, 2.24) is 25.1 Å². The SMILES string of the molecule is C[C@H](Nc1ncc(Br)c(Nc2cc(C3CC3)[nH]n2)n1)c1ccc(F)cn1. The van der Waals surface area contributed by atoms with Crippen molar-refractivity contribution < 1.29 is 4.39 Å². The molecule has 3 aromatic heterocycles. The Bertz CT molecular complexity index is 908. The predicted octanol–water partition coefficient (Wildman–Crippen LogP) is 4.29. The summed E-state index contributed by atoms with van der Waals surface area (Å²) < 4.78 is 13.7. The molecule has 0 radical (unpaired) electrons. The van der Waals surface area contributed by atoms with Gasteiger partial charge in [0.1, 0.15) is 5.82 Å². The van der Waals surface area contributed by atoms with Gasteiger partial charge in [-0.3, -0.25) is 10.1 Å². The van der Waals surface area contributed by atoms with Crippen LogP contribution in [0.2, 0.25) is 0 Å². The number of H-pyrrole nitrogens is 1. The van der Waals surface area contributed by atoms with Gasteiger partial charge in [-0.25, -0.2) is 9.37 Å². The quantitative estimate of drug-likeness (QED) is 0.553. The zero-order valence-electron chi connectivity index (χ0n) is 14.0. The first-order chi connectivity index (χ1) is 12.6. The Morgan fingerprint density at radius 1 is 1.27 bits per heavy atom. The van der Waals surface area contributed by atoms with Gasteiger partial charge in [0.15, 0.2) is 11.6 Å². The van der Waals surface area contributed by atoms with E-state index in [0.717, 1.165) is 10.2 Å². The Labute approximate surface area is 158 Å². The molecule has 1 saturated carbocycles. The second-order valence-corrected chi connectivity index (χ2v) is 7.12. The zero-order chi connectivity index (χ0) is 18.1. The summed E-state index contributed by atoms with van der Waals surface area (Å²) in [4.78, 5) is 12.8. The molecule has 3 N–H and O–H groups in total. The van der Waals surface area contributed by atoms with Gasteiger partial charge < -0.3 is 10.6 Å². The number of aromatic amines is 1. The molecule has 26 heavy (non-hydrogen) atoms. The third-order valence-corrected chi connectivity index (χ3v) is 4.73. The largest absolute Gasteiger partial charge is 0.346 e. The van der Waals surface area contributed by atoms with Gasteiger partial charge in [0.2, 0.25) is 5.95 Å². The molecular formula is C17H17BrFN7. The molecule has 0 saturated heterocycles. The Balaban J connectivity index is 1.48. The Hall–Kier alpha value is -2.55. The fourth-order valence-corrected chi connectivity index (χ4v) is 2.85. The molecule has 0 aliphatic heterocycles. The maximum atomic E-state index is 13.0. The molecule has 0 unspecified atom stereocenters. The van der Waals surface area contributed by atoms with Crippen molar-refractivity contribution >= 4 is 33.5 Å². The van der Waals surface area contributed by atoms with E-state index >= 15 is 0 Å². The first-order valence-corrected chi connectivity index (χ1v) is 9.10. The van der Waals surface area contributed by atoms with Crippen molar-refractivity contribution in [2.45, 2.75) is 31.7 Å². The van der Waals surface area contributed by atoms with Crippen LogP contribution in [0.15, 0.2) is 35.1 Å². The van der Waals surface area contributed by atoms with Crippen LogP contribution in [0, 0.1) is 5.82 Å². The zero-order valence-corrected chi connectivity index (χ0v) is 15.6. The third-order valence-electron chi connectivity index (χ3n) is 4.14. The van der Waals surface area contributed by atoms with E-state index in [9.17, 15) is 4.39 Å². The maximum Gasteiger partial charge on any atom is 0.225 e. The van der Waals surface area contributed by atoms with Crippen LogP contribution in [0.1, 0.15) is 43.1 Å². The number of rotatable bonds is 6. The molecule has 9 heteroatoms. The normalized spacial score (nSPS) is 14.9. The molecule has 0 amide bonds. The summed E-state index contributed by atoms with van der Waals surface area (Å²) in [6.45, 7) is 1.91. The molecule has 0 aromatic carbocycles. The molecule has 1 aliphatic carbocycles. The van der Waals surface area contributed by atoms with Crippen LogP contribution in [-0.4, -0.2) is 25.1 Å². The van der Waals surface area contributed by atoms with Gasteiger partial charge >= 0.3 is 0 Å². The number of pyridine rings is 1. The Morgan fingerprint density at radius 3 is 2.85 bits per heavy atom. The molecular weight excluding hydrogens is 401 g/mol. The minimum absolute atomic E-state index is 0.170. The molecule has 1 atom stereocenters. The maximum absolute atomic E-state index is 13.0. The Kier molecular flexibility index (Phi) is 4.54. The molecule has 134 valence electrons. The molecule has 4 rings (SSSR count). The van der Waals surface area contributed by atoms with E-state index in [2.05, 4.69) is 51.7 Å². The van der Waals surface area contributed by atoms with Crippen molar-refractivity contribution in [3.8, 4) is 0 Å². The second kappa shape index (κ2) is 6.99. The van der Waals surface area contributed by atoms with Gasteiger partial charge in [0.05, 0.1) is 22.4 Å². The molecule has 0 bridgehead atoms. The van der Waals surface area contributed by atoms with Crippen LogP contribution in [0.25, 0.3) is 0 Å². The highest BCUT2D eigenvalue weighted by Crippen LogP contribution is 2.39. The smallest absolute Gasteiger partial charge is 0.225 e. The molecule has 3 aromatic rings. The summed E-state index contributed by atoms with van der Waals surface area (Å²) in [6.07, 6.45) is 5.28. The number of nitrogens with zero attached hydrogens (tertiary/aromatic N) is 4. The van der Waals surface area contributed by atoms with Crippen molar-refractivity contribution in [1.29, 1.82) is 0 Å². The molecule has 3 heterocycles. The van der Waals surface area contributed by atoms with Crippen molar-refractivity contribution in [3.63, 3.8) is 0 Å². The van der Waals surface area contributed by atoms with Gasteiger partial charge in [0.25, 0.3) is 0 Å². The molecule has 1 fully saturated rings. The highest BCUT2D eigenvalue weighted by molar-refractivity contribution is 9.10. The van der Waals surface area contributed by atoms with E-state index < -0.39 is 0 Å². The lowest BCUT2D eigenvalue weighted by Crippen LogP contribution is -2.11. The van der Waals surface area contributed by atoms with Crippen molar-refractivity contribution in [2.24, 2.45) is 0 Å². The lowest BCUT2D eigenvalue weighted by molar-refractivity contribution is 0.617. The highest BCUT2D eigenvalue weighted by atomic mass is 79.9. The van der Waals surface area contributed by atoms with E-state index in [1.54, 1.807) is 12.3 Å². The van der Waals surface area contributed by atoms with Crippen molar-refractivity contribution in [3.05, 3.63) is 52.3 Å². The van der Waals surface area contributed by atoms with Crippen LogP contribution in [-0.2, 0) is 0 Å². The summed E-state index contributed by atoms with van der Waals surface area (Å²) >= 11 is 3.45. The van der Waals surface area contributed by atoms with Crippen molar-refractivity contribution in [2.75, 3.05) is 10.6 Å². The summed E-state index contributed by atoms with van der Waals surface area (Å²) in [5, 5.41) is 13.7. The van der Waals surface area contributed by atoms with Crippen LogP contribution in [0.3, 0.4) is 0 Å². The fraction of sp³-hybridized carbons (Fsp3) is 0.294. The topological polar surface area (TPSA) is 91.4 Å². The van der Waals surface area contributed by atoms with Gasteiger partial charge in [-0.2, -0.15) is 10.1 Å². The average molecular weight is 418 g/mol. The van der Waals surface area contributed by atoms with Crippen LogP contribution >= 0.6 is 15.9 Å². The van der Waals surface area contributed by atoms with Crippen LogP contribution < -0.4 is 10.6 Å². The number of nitrogens with one attached hydrogen (secondary N) is 3. The molecule has 0 spiro atoms. The minimum atomic E-state index is -0.364. The average Bonchev–Trinajstić information content (AvgIpc) is 3.38. The van der Waals surface area contributed by atoms with Gasteiger partial charge in [0, 0.05) is 23.9 Å². The first kappa shape index (κ1) is 16.9. The second-order valence-electron chi connectivity index (χ2n) is 6.27. The van der Waals surface area contributed by atoms with E-state index in [4.69, 9.17) is 0 Å². The standard InChI is InChI=1S/C17H17BrFN7/c1-9(13-5-4-11(19)7-20-13)22-17-21-8-12(18)16(24-17)23-15-6-14(25-26-15)10-2-3-10/h4-10H,2-3H2,1H3,(H3,21,22,23,24,25,26)/t9-/m0/s1. The van der Waals surface area contributed by atoms with Gasteiger partial charge in [-0.15, -0.1) is 0 Å². The predicted molar refractivity (Wildman–Crippen MR) is 99.8 cm³/mol. The van der Waals surface area contributed by atoms with Crippen LogP contribution in [0.5, 0.6) is 0 Å². The van der Waals surface area contributed by atoms with E-state index in [-0.39, 0.29) is 11.9 Å². The molecule has 1 aliphatic rings. The summed E-state index contributed by atoms with van der Waals surface area (Å²) in [5.74, 6) is 2.00. The number of hydrogen-bond donors (Lipinski definition) is 3. The lowest BCUT2D eigenvalue weighted by Gasteiger charge is -2.14. The van der Waals surface area contributed by atoms with Gasteiger partial charge in [-0.05, 0) is 47.8 Å². The first-order valence-electron chi connectivity index (χ1n) is 8.31. The van der Waals surface area contributed by atoms with E-state index in [0.29, 0.717) is 29.2 Å². The van der Waals surface area contributed by atoms with Gasteiger partial charge in [-0.1, -0.05) is 0 Å². The lowest BCUT2D eigenvalue weighted by atomic mass is 10.2. The number of halogens is 2. The summed E-state index contributed by atoms with van der Waals surface area (Å²) in [5.41, 5.74) is 1.85. The Morgan fingerprint density at radius 2 is 2.12 bits per heavy atom. The molecule has 7 nitrogen and oxygen atoms in total. The minimum Gasteiger partial charge on any atom is -0.346 e. The summed E-state index contributed by atoms with van der Waals surface area (Å²) in [7, 11) is 0. The fourth-order valence-electron chi connectivity index (χ4n) is 2.56. The summed E-state index contributed by atoms with van der Waals surface area (Å²) in [6, 6.07) is 4.85. The highest BCUT2D eigenvalue weighted by Gasteiger charge is 2.25. The van der Waals surface area contributed by atoms with E-state index in [1.807, 2.05) is 13.0 Å². The number of aromatic nitrogens is 5.